The minimum absolute atomic E-state index is 0.0253. The Kier molecular flexibility index (Phi) is 3.90. The molecule has 0 aromatic rings. The summed E-state index contributed by atoms with van der Waals surface area (Å²) in [6, 6.07) is 0. The van der Waals surface area contributed by atoms with Crippen molar-refractivity contribution < 1.29 is 19.8 Å². The lowest BCUT2D eigenvalue weighted by Gasteiger charge is -2.23. The van der Waals surface area contributed by atoms with Crippen LogP contribution in [0.1, 0.15) is 26.2 Å². The van der Waals surface area contributed by atoms with Gasteiger partial charge < -0.3 is 15.1 Å². The molecule has 2 unspecified atom stereocenters. The Morgan fingerprint density at radius 1 is 1.28 bits per heavy atom. The fraction of sp³-hybridized carbons (Fsp3) is 0.846. The van der Waals surface area contributed by atoms with Crippen LogP contribution in [-0.4, -0.2) is 46.7 Å². The van der Waals surface area contributed by atoms with Crippen LogP contribution in [-0.2, 0) is 9.59 Å². The van der Waals surface area contributed by atoms with Crippen LogP contribution in [0.5, 0.6) is 0 Å². The first kappa shape index (κ1) is 13.3. The van der Waals surface area contributed by atoms with Gasteiger partial charge in [0.1, 0.15) is 0 Å². The SMILES string of the molecule is CC1C[C@H](C(=O)N2CCC(CO)C2)[C@H](C(=O)O)C1. The van der Waals surface area contributed by atoms with Crippen molar-refractivity contribution in [2.75, 3.05) is 19.7 Å². The van der Waals surface area contributed by atoms with Crippen molar-refractivity contribution in [2.45, 2.75) is 26.2 Å². The molecule has 2 N–H and O–H groups in total. The minimum atomic E-state index is -0.851. The molecule has 1 aliphatic carbocycles. The molecular formula is C13H21NO4. The number of likely N-dealkylation sites (tertiary alicyclic amines) is 1. The molecule has 1 saturated heterocycles. The molecule has 5 heteroatoms. The summed E-state index contributed by atoms with van der Waals surface area (Å²) in [5.74, 6) is -1.30. The maximum absolute atomic E-state index is 12.4. The molecule has 1 saturated carbocycles. The summed E-state index contributed by atoms with van der Waals surface area (Å²) in [7, 11) is 0. The van der Waals surface area contributed by atoms with Crippen LogP contribution in [0.4, 0.5) is 0 Å². The van der Waals surface area contributed by atoms with Gasteiger partial charge in [-0.25, -0.2) is 0 Å². The summed E-state index contributed by atoms with van der Waals surface area (Å²) in [4.78, 5) is 25.3. The molecule has 0 radical (unpaired) electrons. The van der Waals surface area contributed by atoms with E-state index >= 15 is 0 Å². The highest BCUT2D eigenvalue weighted by Gasteiger charge is 2.43. The quantitative estimate of drug-likeness (QED) is 0.773. The lowest BCUT2D eigenvalue weighted by molar-refractivity contribution is -0.148. The van der Waals surface area contributed by atoms with Crippen LogP contribution < -0.4 is 0 Å². The Morgan fingerprint density at radius 2 is 1.94 bits per heavy atom. The number of carbonyl (C=O) groups excluding carboxylic acids is 1. The monoisotopic (exact) mass is 255 g/mol. The van der Waals surface area contributed by atoms with Gasteiger partial charge in [-0.05, 0) is 25.2 Å². The van der Waals surface area contributed by atoms with E-state index in [9.17, 15) is 14.7 Å². The minimum Gasteiger partial charge on any atom is -0.481 e. The third-order valence-corrected chi connectivity index (χ3v) is 4.29. The van der Waals surface area contributed by atoms with E-state index < -0.39 is 11.9 Å². The molecular weight excluding hydrogens is 234 g/mol. The van der Waals surface area contributed by atoms with Crippen molar-refractivity contribution in [1.82, 2.24) is 4.90 Å². The molecule has 2 aliphatic rings. The van der Waals surface area contributed by atoms with Crippen LogP contribution in [0.15, 0.2) is 0 Å². The highest BCUT2D eigenvalue weighted by molar-refractivity contribution is 5.85. The van der Waals surface area contributed by atoms with Gasteiger partial charge in [-0.15, -0.1) is 0 Å². The van der Waals surface area contributed by atoms with E-state index in [0.29, 0.717) is 31.8 Å². The maximum atomic E-state index is 12.4. The zero-order valence-electron chi connectivity index (χ0n) is 10.7. The number of carboxylic acid groups (broad SMARTS) is 1. The van der Waals surface area contributed by atoms with Gasteiger partial charge in [-0.2, -0.15) is 0 Å². The molecule has 4 atom stereocenters. The Morgan fingerprint density at radius 3 is 2.50 bits per heavy atom. The number of hydrogen-bond acceptors (Lipinski definition) is 3. The summed E-state index contributed by atoms with van der Waals surface area (Å²) in [6.07, 6.45) is 2.10. The summed E-state index contributed by atoms with van der Waals surface area (Å²) < 4.78 is 0. The van der Waals surface area contributed by atoms with Gasteiger partial charge in [0.05, 0.1) is 11.8 Å². The fourth-order valence-electron chi connectivity index (χ4n) is 3.25. The predicted molar refractivity (Wildman–Crippen MR) is 64.8 cm³/mol. The first-order valence-corrected chi connectivity index (χ1v) is 6.65. The number of carbonyl (C=O) groups is 2. The number of aliphatic carboxylic acids is 1. The molecule has 1 heterocycles. The van der Waals surface area contributed by atoms with Crippen molar-refractivity contribution in [3.63, 3.8) is 0 Å². The first-order valence-electron chi connectivity index (χ1n) is 6.65. The normalized spacial score (nSPS) is 36.0. The Labute approximate surface area is 107 Å². The van der Waals surface area contributed by atoms with E-state index in [1.54, 1.807) is 4.90 Å². The largest absolute Gasteiger partial charge is 0.481 e. The lowest BCUT2D eigenvalue weighted by Crippen LogP contribution is -2.38. The van der Waals surface area contributed by atoms with Gasteiger partial charge in [0.25, 0.3) is 0 Å². The lowest BCUT2D eigenvalue weighted by atomic mass is 9.95. The average Bonchev–Trinajstić information content (AvgIpc) is 2.94. The molecule has 1 amide bonds. The Balaban J connectivity index is 2.02. The zero-order chi connectivity index (χ0) is 13.3. The Hall–Kier alpha value is -1.10. The molecule has 5 nitrogen and oxygen atoms in total. The zero-order valence-corrected chi connectivity index (χ0v) is 10.7. The number of aliphatic hydroxyl groups is 1. The van der Waals surface area contributed by atoms with Crippen molar-refractivity contribution >= 4 is 11.9 Å². The number of aliphatic hydroxyl groups excluding tert-OH is 1. The molecule has 2 rings (SSSR count). The van der Waals surface area contributed by atoms with Gasteiger partial charge in [0, 0.05) is 25.6 Å². The highest BCUT2D eigenvalue weighted by Crippen LogP contribution is 2.38. The van der Waals surface area contributed by atoms with Gasteiger partial charge in [0.15, 0.2) is 0 Å². The van der Waals surface area contributed by atoms with Crippen molar-refractivity contribution in [2.24, 2.45) is 23.7 Å². The molecule has 18 heavy (non-hydrogen) atoms. The van der Waals surface area contributed by atoms with E-state index in [1.807, 2.05) is 6.92 Å². The third kappa shape index (κ3) is 2.51. The van der Waals surface area contributed by atoms with Crippen LogP contribution >= 0.6 is 0 Å². The average molecular weight is 255 g/mol. The molecule has 0 aromatic carbocycles. The van der Waals surface area contributed by atoms with Gasteiger partial charge in [0.2, 0.25) is 5.91 Å². The van der Waals surface area contributed by atoms with Crippen LogP contribution in [0.25, 0.3) is 0 Å². The van der Waals surface area contributed by atoms with Crippen LogP contribution in [0, 0.1) is 23.7 Å². The predicted octanol–water partition coefficient (Wildman–Crippen LogP) is 0.574. The van der Waals surface area contributed by atoms with E-state index in [0.717, 1.165) is 6.42 Å². The van der Waals surface area contributed by atoms with E-state index in [4.69, 9.17) is 5.11 Å². The van der Waals surface area contributed by atoms with Gasteiger partial charge in [-0.1, -0.05) is 6.92 Å². The summed E-state index contributed by atoms with van der Waals surface area (Å²) in [5, 5.41) is 18.3. The number of carboxylic acids is 1. The van der Waals surface area contributed by atoms with Crippen molar-refractivity contribution in [1.29, 1.82) is 0 Å². The van der Waals surface area contributed by atoms with E-state index in [-0.39, 0.29) is 24.3 Å². The molecule has 0 spiro atoms. The number of amides is 1. The molecule has 102 valence electrons. The standard InChI is InChI=1S/C13H21NO4/c1-8-4-10(11(5-8)13(17)18)12(16)14-3-2-9(6-14)7-15/h8-11,15H,2-7H2,1H3,(H,17,18)/t8?,9?,10-,11+/m0/s1. The van der Waals surface area contributed by atoms with E-state index in [1.165, 1.54) is 0 Å². The number of hydrogen-bond donors (Lipinski definition) is 2. The molecule has 2 fully saturated rings. The topological polar surface area (TPSA) is 77.8 Å². The molecule has 0 bridgehead atoms. The van der Waals surface area contributed by atoms with Crippen molar-refractivity contribution in [3.8, 4) is 0 Å². The summed E-state index contributed by atoms with van der Waals surface area (Å²) in [5.41, 5.74) is 0. The van der Waals surface area contributed by atoms with Gasteiger partial charge >= 0.3 is 5.97 Å². The van der Waals surface area contributed by atoms with Crippen LogP contribution in [0.2, 0.25) is 0 Å². The summed E-state index contributed by atoms with van der Waals surface area (Å²) >= 11 is 0. The highest BCUT2D eigenvalue weighted by atomic mass is 16.4. The second-order valence-corrected chi connectivity index (χ2v) is 5.75. The van der Waals surface area contributed by atoms with Gasteiger partial charge in [-0.3, -0.25) is 9.59 Å². The fourth-order valence-corrected chi connectivity index (χ4v) is 3.25. The second kappa shape index (κ2) is 5.26. The van der Waals surface area contributed by atoms with Crippen molar-refractivity contribution in [3.05, 3.63) is 0 Å². The number of nitrogens with zero attached hydrogens (tertiary/aromatic N) is 1. The molecule has 1 aliphatic heterocycles. The third-order valence-electron chi connectivity index (χ3n) is 4.29. The smallest absolute Gasteiger partial charge is 0.307 e. The maximum Gasteiger partial charge on any atom is 0.307 e. The van der Waals surface area contributed by atoms with Crippen LogP contribution in [0.3, 0.4) is 0 Å². The number of rotatable bonds is 3. The molecule has 0 aromatic heterocycles. The van der Waals surface area contributed by atoms with E-state index in [2.05, 4.69) is 0 Å². The first-order chi connectivity index (χ1) is 8.52. The second-order valence-electron chi connectivity index (χ2n) is 5.75. The Bertz CT molecular complexity index is 344. The summed E-state index contributed by atoms with van der Waals surface area (Å²) in [6.45, 7) is 3.34.